The predicted octanol–water partition coefficient (Wildman–Crippen LogP) is 4.72. The van der Waals surface area contributed by atoms with Gasteiger partial charge >= 0.3 is 0 Å². The number of amides is 1. The van der Waals surface area contributed by atoms with Gasteiger partial charge in [0.1, 0.15) is 11.4 Å². The normalized spacial score (nSPS) is 10.9. The van der Waals surface area contributed by atoms with E-state index in [0.29, 0.717) is 10.8 Å². The SMILES string of the molecule is O=C(COc1ccc(Cl)cc1)NN=Cc1cn(-c2ccccc2)nc1-c1ccccc1. The first kappa shape index (κ1) is 20.4. The first-order valence-corrected chi connectivity index (χ1v) is 9.97. The van der Waals surface area contributed by atoms with Gasteiger partial charge in [-0.1, -0.05) is 60.1 Å². The molecule has 6 nitrogen and oxygen atoms in total. The molecular weight excluding hydrogens is 412 g/mol. The van der Waals surface area contributed by atoms with Crippen molar-refractivity contribution in [3.63, 3.8) is 0 Å². The number of carbonyl (C=O) groups is 1. The Morgan fingerprint density at radius 2 is 1.68 bits per heavy atom. The summed E-state index contributed by atoms with van der Waals surface area (Å²) in [5, 5.41) is 9.39. The van der Waals surface area contributed by atoms with Crippen LogP contribution in [0.1, 0.15) is 5.56 Å². The van der Waals surface area contributed by atoms with Gasteiger partial charge in [0.05, 0.1) is 11.9 Å². The fourth-order valence-electron chi connectivity index (χ4n) is 2.90. The van der Waals surface area contributed by atoms with Gasteiger partial charge in [-0.25, -0.2) is 10.1 Å². The van der Waals surface area contributed by atoms with Crippen LogP contribution < -0.4 is 10.2 Å². The van der Waals surface area contributed by atoms with Crippen molar-refractivity contribution in [1.29, 1.82) is 0 Å². The molecule has 0 saturated carbocycles. The highest BCUT2D eigenvalue weighted by Gasteiger charge is 2.11. The molecule has 0 spiro atoms. The molecule has 3 aromatic carbocycles. The second-order valence-electron chi connectivity index (χ2n) is 6.61. The summed E-state index contributed by atoms with van der Waals surface area (Å²) in [5.41, 5.74) is 5.90. The third-order valence-corrected chi connectivity index (χ3v) is 4.64. The Balaban J connectivity index is 1.47. The minimum atomic E-state index is -0.372. The molecule has 0 bridgehead atoms. The highest BCUT2D eigenvalue weighted by molar-refractivity contribution is 6.30. The number of ether oxygens (including phenoxy) is 1. The Morgan fingerprint density at radius 1 is 1.00 bits per heavy atom. The maximum atomic E-state index is 12.1. The summed E-state index contributed by atoms with van der Waals surface area (Å²) in [5.74, 6) is 0.182. The molecular formula is C24H19ClN4O2. The number of carbonyl (C=O) groups excluding carboxylic acids is 1. The average molecular weight is 431 g/mol. The Bertz CT molecular complexity index is 1170. The van der Waals surface area contributed by atoms with Gasteiger partial charge < -0.3 is 4.74 Å². The molecule has 0 unspecified atom stereocenters. The number of hydrazone groups is 1. The smallest absolute Gasteiger partial charge is 0.277 e. The minimum Gasteiger partial charge on any atom is -0.484 e. The fourth-order valence-corrected chi connectivity index (χ4v) is 3.03. The number of para-hydroxylation sites is 1. The zero-order valence-corrected chi connectivity index (χ0v) is 17.2. The maximum Gasteiger partial charge on any atom is 0.277 e. The molecule has 7 heteroatoms. The molecule has 4 rings (SSSR count). The van der Waals surface area contributed by atoms with Crippen molar-refractivity contribution >= 4 is 23.7 Å². The highest BCUT2D eigenvalue weighted by atomic mass is 35.5. The van der Waals surface area contributed by atoms with E-state index in [-0.39, 0.29) is 12.5 Å². The van der Waals surface area contributed by atoms with E-state index in [1.807, 2.05) is 66.9 Å². The summed E-state index contributed by atoms with van der Waals surface area (Å²) in [6.07, 6.45) is 3.45. The van der Waals surface area contributed by atoms with E-state index in [1.165, 1.54) is 0 Å². The Labute approximate surface area is 184 Å². The fraction of sp³-hybridized carbons (Fsp3) is 0.0417. The number of hydrogen-bond donors (Lipinski definition) is 1. The van der Waals surface area contributed by atoms with E-state index in [2.05, 4.69) is 10.5 Å². The Kier molecular flexibility index (Phi) is 6.40. The number of hydrogen-bond acceptors (Lipinski definition) is 4. The number of aromatic nitrogens is 2. The number of rotatable bonds is 7. The van der Waals surface area contributed by atoms with Gasteiger partial charge in [0.15, 0.2) is 6.61 Å². The number of nitrogens with zero attached hydrogens (tertiary/aromatic N) is 3. The second kappa shape index (κ2) is 9.73. The van der Waals surface area contributed by atoms with Crippen molar-refractivity contribution in [2.45, 2.75) is 0 Å². The van der Waals surface area contributed by atoms with E-state index >= 15 is 0 Å². The van der Waals surface area contributed by atoms with Crippen molar-refractivity contribution in [2.75, 3.05) is 6.61 Å². The van der Waals surface area contributed by atoms with Crippen molar-refractivity contribution in [3.05, 3.63) is 102 Å². The minimum absolute atomic E-state index is 0.159. The van der Waals surface area contributed by atoms with Gasteiger partial charge in [0.25, 0.3) is 5.91 Å². The van der Waals surface area contributed by atoms with Crippen LogP contribution in [0.2, 0.25) is 5.02 Å². The lowest BCUT2D eigenvalue weighted by atomic mass is 10.1. The topological polar surface area (TPSA) is 68.5 Å². The van der Waals surface area contributed by atoms with Crippen LogP contribution in [0.3, 0.4) is 0 Å². The van der Waals surface area contributed by atoms with Crippen molar-refractivity contribution in [2.24, 2.45) is 5.10 Å². The molecule has 0 aliphatic rings. The number of benzene rings is 3. The summed E-state index contributed by atoms with van der Waals surface area (Å²) < 4.78 is 7.21. The van der Waals surface area contributed by atoms with Crippen molar-refractivity contribution < 1.29 is 9.53 Å². The largest absolute Gasteiger partial charge is 0.484 e. The quantitative estimate of drug-likeness (QED) is 0.340. The van der Waals surface area contributed by atoms with Gasteiger partial charge in [-0.2, -0.15) is 10.2 Å². The lowest BCUT2D eigenvalue weighted by Crippen LogP contribution is -2.24. The van der Waals surface area contributed by atoms with Crippen LogP contribution >= 0.6 is 11.6 Å². The van der Waals surface area contributed by atoms with Gasteiger partial charge in [0.2, 0.25) is 0 Å². The van der Waals surface area contributed by atoms with Gasteiger partial charge in [-0.15, -0.1) is 0 Å². The van der Waals surface area contributed by atoms with Crippen LogP contribution in [0.4, 0.5) is 0 Å². The summed E-state index contributed by atoms with van der Waals surface area (Å²) in [4.78, 5) is 12.1. The van der Waals surface area contributed by atoms with E-state index in [1.54, 1.807) is 35.2 Å². The third kappa shape index (κ3) is 5.38. The standard InChI is InChI=1S/C24H19ClN4O2/c25-20-11-13-22(14-12-20)31-17-23(30)27-26-15-19-16-29(21-9-5-2-6-10-21)28-24(19)18-7-3-1-4-8-18/h1-16H,17H2,(H,27,30). The van der Waals surface area contributed by atoms with E-state index in [4.69, 9.17) is 21.4 Å². The van der Waals surface area contributed by atoms with Crippen LogP contribution in [-0.2, 0) is 4.79 Å². The molecule has 0 aliphatic carbocycles. The average Bonchev–Trinajstić information content (AvgIpc) is 3.24. The second-order valence-corrected chi connectivity index (χ2v) is 7.05. The van der Waals surface area contributed by atoms with E-state index < -0.39 is 0 Å². The highest BCUT2D eigenvalue weighted by Crippen LogP contribution is 2.22. The molecule has 1 heterocycles. The number of halogens is 1. The van der Waals surface area contributed by atoms with Crippen LogP contribution in [0.15, 0.2) is 96.2 Å². The molecule has 0 aliphatic heterocycles. The van der Waals surface area contributed by atoms with Crippen LogP contribution in [0, 0.1) is 0 Å². The first-order valence-electron chi connectivity index (χ1n) is 9.60. The molecule has 0 radical (unpaired) electrons. The molecule has 4 aromatic rings. The number of nitrogens with one attached hydrogen (secondary N) is 1. The molecule has 1 aromatic heterocycles. The first-order chi connectivity index (χ1) is 15.2. The van der Waals surface area contributed by atoms with Crippen LogP contribution in [0.5, 0.6) is 5.75 Å². The molecule has 1 amide bonds. The molecule has 0 saturated heterocycles. The zero-order chi connectivity index (χ0) is 21.5. The summed E-state index contributed by atoms with van der Waals surface area (Å²) in [6.45, 7) is -0.159. The molecule has 0 fully saturated rings. The summed E-state index contributed by atoms with van der Waals surface area (Å²) >= 11 is 5.84. The molecule has 1 N–H and O–H groups in total. The molecule has 0 atom stereocenters. The zero-order valence-electron chi connectivity index (χ0n) is 16.5. The van der Waals surface area contributed by atoms with E-state index in [9.17, 15) is 4.79 Å². The monoisotopic (exact) mass is 430 g/mol. The lowest BCUT2D eigenvalue weighted by molar-refractivity contribution is -0.123. The van der Waals surface area contributed by atoms with Crippen LogP contribution in [-0.4, -0.2) is 28.5 Å². The third-order valence-electron chi connectivity index (χ3n) is 4.39. The summed E-state index contributed by atoms with van der Waals surface area (Å²) in [6, 6.07) is 26.4. The van der Waals surface area contributed by atoms with Crippen molar-refractivity contribution in [3.8, 4) is 22.7 Å². The van der Waals surface area contributed by atoms with E-state index in [0.717, 1.165) is 22.5 Å². The van der Waals surface area contributed by atoms with Gasteiger partial charge in [0, 0.05) is 22.3 Å². The van der Waals surface area contributed by atoms with Gasteiger partial charge in [-0.3, -0.25) is 4.79 Å². The Morgan fingerprint density at radius 3 is 2.39 bits per heavy atom. The maximum absolute atomic E-state index is 12.1. The molecule has 31 heavy (non-hydrogen) atoms. The lowest BCUT2D eigenvalue weighted by Gasteiger charge is -2.04. The van der Waals surface area contributed by atoms with Crippen molar-refractivity contribution in [1.82, 2.24) is 15.2 Å². The Hall–Kier alpha value is -3.90. The molecule has 154 valence electrons. The van der Waals surface area contributed by atoms with Crippen LogP contribution in [0.25, 0.3) is 16.9 Å². The van der Waals surface area contributed by atoms with Gasteiger partial charge in [-0.05, 0) is 36.4 Å². The predicted molar refractivity (Wildman–Crippen MR) is 122 cm³/mol. The summed E-state index contributed by atoms with van der Waals surface area (Å²) in [7, 11) is 0.